The molecule has 0 bridgehead atoms. The molecule has 0 saturated heterocycles. The Kier molecular flexibility index (Phi) is 3.96. The van der Waals surface area contributed by atoms with Gasteiger partial charge < -0.3 is 5.32 Å². The Morgan fingerprint density at radius 3 is 3.06 bits per heavy atom. The van der Waals surface area contributed by atoms with E-state index in [1.807, 2.05) is 0 Å². The minimum Gasteiger partial charge on any atom is -0.351 e. The lowest BCUT2D eigenvalue weighted by molar-refractivity contribution is -0.121. The lowest BCUT2D eigenvalue weighted by Crippen LogP contribution is -2.33. The highest BCUT2D eigenvalue weighted by atomic mass is 16.2. The maximum absolute atomic E-state index is 12.0. The third kappa shape index (κ3) is 2.69. The molecule has 0 radical (unpaired) electrons. The zero-order chi connectivity index (χ0) is 13.0. The Morgan fingerprint density at radius 2 is 2.28 bits per heavy atom. The van der Waals surface area contributed by atoms with Crippen molar-refractivity contribution in [3.8, 4) is 0 Å². The largest absolute Gasteiger partial charge is 0.351 e. The number of aromatic nitrogens is 3. The van der Waals surface area contributed by atoms with Crippen LogP contribution in [0.4, 0.5) is 0 Å². The molecule has 0 atom stereocenters. The predicted molar refractivity (Wildman–Crippen MR) is 67.2 cm³/mol. The van der Waals surface area contributed by atoms with E-state index in [2.05, 4.69) is 17.0 Å². The molecule has 98 valence electrons. The van der Waals surface area contributed by atoms with Crippen LogP contribution in [0.1, 0.15) is 25.1 Å². The molecule has 6 heteroatoms. The van der Waals surface area contributed by atoms with Crippen molar-refractivity contribution in [3.63, 3.8) is 0 Å². The van der Waals surface area contributed by atoms with Gasteiger partial charge in [-0.2, -0.15) is 5.10 Å². The average molecular weight is 250 g/mol. The normalized spacial score (nSPS) is 14.7. The highest BCUT2D eigenvalue weighted by Gasteiger charge is 2.16. The molecule has 1 aliphatic rings. The van der Waals surface area contributed by atoms with Crippen molar-refractivity contribution >= 4 is 5.91 Å². The molecule has 1 aromatic heterocycles. The van der Waals surface area contributed by atoms with E-state index in [0.717, 1.165) is 31.5 Å². The van der Waals surface area contributed by atoms with E-state index in [1.165, 1.54) is 4.68 Å². The summed E-state index contributed by atoms with van der Waals surface area (Å²) in [6.45, 7) is 4.61. The van der Waals surface area contributed by atoms with Gasteiger partial charge in [0, 0.05) is 19.5 Å². The van der Waals surface area contributed by atoms with E-state index >= 15 is 0 Å². The molecule has 1 aromatic rings. The van der Waals surface area contributed by atoms with Crippen LogP contribution >= 0.6 is 0 Å². The van der Waals surface area contributed by atoms with Crippen molar-refractivity contribution in [1.82, 2.24) is 19.7 Å². The van der Waals surface area contributed by atoms with Crippen molar-refractivity contribution < 1.29 is 4.79 Å². The van der Waals surface area contributed by atoms with Gasteiger partial charge in [0.2, 0.25) is 5.91 Å². The van der Waals surface area contributed by atoms with E-state index in [-0.39, 0.29) is 18.1 Å². The van der Waals surface area contributed by atoms with Crippen molar-refractivity contribution in [3.05, 3.63) is 29.0 Å². The molecule has 1 N–H and O–H groups in total. The third-order valence-corrected chi connectivity index (χ3v) is 3.02. The number of amides is 1. The smallest absolute Gasteiger partial charge is 0.346 e. The van der Waals surface area contributed by atoms with E-state index < -0.39 is 0 Å². The first-order chi connectivity index (χ1) is 8.72. The van der Waals surface area contributed by atoms with Gasteiger partial charge in [0.25, 0.3) is 0 Å². The standard InChI is InChI=1S/C12H18N4O2/c1-2-7-13-11(17)9-16-12(18)15-8-5-3-4-6-10(15)14-16/h2H,1,3-9H2,(H,13,17). The minimum atomic E-state index is -0.217. The van der Waals surface area contributed by atoms with Crippen LogP contribution in [0, 0.1) is 0 Å². The number of carbonyl (C=O) groups is 1. The summed E-state index contributed by atoms with van der Waals surface area (Å²) in [5.74, 6) is 0.583. The lowest BCUT2D eigenvalue weighted by atomic mass is 10.2. The van der Waals surface area contributed by atoms with Gasteiger partial charge in [0.15, 0.2) is 0 Å². The van der Waals surface area contributed by atoms with Crippen LogP contribution in [0.2, 0.25) is 0 Å². The second-order valence-corrected chi connectivity index (χ2v) is 4.41. The molecule has 2 rings (SSSR count). The van der Waals surface area contributed by atoms with Gasteiger partial charge in [-0.1, -0.05) is 12.5 Å². The van der Waals surface area contributed by atoms with Gasteiger partial charge in [0.1, 0.15) is 12.4 Å². The van der Waals surface area contributed by atoms with Gasteiger partial charge in [0.05, 0.1) is 0 Å². The van der Waals surface area contributed by atoms with Crippen LogP contribution in [0.3, 0.4) is 0 Å². The maximum atomic E-state index is 12.0. The predicted octanol–water partition coefficient (Wildman–Crippen LogP) is 0.0734. The molecule has 0 aliphatic carbocycles. The molecule has 6 nitrogen and oxygen atoms in total. The number of aryl methyl sites for hydroxylation is 1. The van der Waals surface area contributed by atoms with Crippen LogP contribution in [0.5, 0.6) is 0 Å². The highest BCUT2D eigenvalue weighted by Crippen LogP contribution is 2.09. The molecule has 1 amide bonds. The highest BCUT2D eigenvalue weighted by molar-refractivity contribution is 5.75. The third-order valence-electron chi connectivity index (χ3n) is 3.02. The second-order valence-electron chi connectivity index (χ2n) is 4.41. The fourth-order valence-corrected chi connectivity index (χ4v) is 2.11. The number of rotatable bonds is 4. The van der Waals surface area contributed by atoms with Crippen molar-refractivity contribution in [2.24, 2.45) is 0 Å². The first kappa shape index (κ1) is 12.6. The van der Waals surface area contributed by atoms with E-state index in [4.69, 9.17) is 0 Å². The first-order valence-electron chi connectivity index (χ1n) is 6.26. The van der Waals surface area contributed by atoms with Crippen LogP contribution in [-0.2, 0) is 24.3 Å². The topological polar surface area (TPSA) is 68.9 Å². The number of nitrogens with one attached hydrogen (secondary N) is 1. The molecular formula is C12H18N4O2. The molecule has 18 heavy (non-hydrogen) atoms. The van der Waals surface area contributed by atoms with Crippen molar-refractivity contribution in [2.75, 3.05) is 6.54 Å². The second kappa shape index (κ2) is 5.66. The number of hydrogen-bond donors (Lipinski definition) is 1. The van der Waals surface area contributed by atoms with Gasteiger partial charge in [-0.15, -0.1) is 6.58 Å². The Labute approximate surface area is 105 Å². The zero-order valence-corrected chi connectivity index (χ0v) is 10.4. The van der Waals surface area contributed by atoms with E-state index in [0.29, 0.717) is 13.1 Å². The van der Waals surface area contributed by atoms with Gasteiger partial charge in [-0.3, -0.25) is 9.36 Å². The van der Waals surface area contributed by atoms with Crippen molar-refractivity contribution in [2.45, 2.75) is 38.8 Å². The summed E-state index contributed by atoms with van der Waals surface area (Å²) in [5, 5.41) is 6.87. The van der Waals surface area contributed by atoms with Gasteiger partial charge in [-0.05, 0) is 12.8 Å². The zero-order valence-electron chi connectivity index (χ0n) is 10.4. The quantitative estimate of drug-likeness (QED) is 0.769. The molecule has 0 aromatic carbocycles. The number of hydrogen-bond acceptors (Lipinski definition) is 3. The SMILES string of the molecule is C=CCNC(=O)Cn1nc2n(c1=O)CCCCC2. The summed E-state index contributed by atoms with van der Waals surface area (Å²) >= 11 is 0. The summed E-state index contributed by atoms with van der Waals surface area (Å²) < 4.78 is 2.94. The first-order valence-corrected chi connectivity index (χ1v) is 6.26. The maximum Gasteiger partial charge on any atom is 0.346 e. The minimum absolute atomic E-state index is 0.0212. The number of carbonyl (C=O) groups excluding carboxylic acids is 1. The van der Waals surface area contributed by atoms with Crippen LogP contribution in [0.15, 0.2) is 17.4 Å². The Bertz CT molecular complexity index is 501. The molecule has 0 saturated carbocycles. The molecule has 0 fully saturated rings. The fraction of sp³-hybridized carbons (Fsp3) is 0.583. The van der Waals surface area contributed by atoms with Crippen LogP contribution in [0.25, 0.3) is 0 Å². The summed E-state index contributed by atoms with van der Waals surface area (Å²) in [4.78, 5) is 23.6. The lowest BCUT2D eigenvalue weighted by Gasteiger charge is -2.01. The van der Waals surface area contributed by atoms with E-state index in [9.17, 15) is 9.59 Å². The summed E-state index contributed by atoms with van der Waals surface area (Å²) in [7, 11) is 0. The Hall–Kier alpha value is -1.85. The Morgan fingerprint density at radius 1 is 1.44 bits per heavy atom. The number of nitrogens with zero attached hydrogens (tertiary/aromatic N) is 3. The summed E-state index contributed by atoms with van der Waals surface area (Å²) in [6.07, 6.45) is 5.60. The molecule has 0 spiro atoms. The fourth-order valence-electron chi connectivity index (χ4n) is 2.11. The summed E-state index contributed by atoms with van der Waals surface area (Å²) in [5.41, 5.74) is -0.180. The van der Waals surface area contributed by atoms with Crippen molar-refractivity contribution in [1.29, 1.82) is 0 Å². The molecular weight excluding hydrogens is 232 g/mol. The van der Waals surface area contributed by atoms with Gasteiger partial charge in [-0.25, -0.2) is 9.48 Å². The molecule has 1 aliphatic heterocycles. The van der Waals surface area contributed by atoms with Gasteiger partial charge >= 0.3 is 5.69 Å². The number of fused-ring (bicyclic) bond motifs is 1. The average Bonchev–Trinajstić information content (AvgIpc) is 2.57. The summed E-state index contributed by atoms with van der Waals surface area (Å²) in [6, 6.07) is 0. The monoisotopic (exact) mass is 250 g/mol. The Balaban J connectivity index is 2.12. The van der Waals surface area contributed by atoms with Crippen LogP contribution in [-0.4, -0.2) is 26.8 Å². The molecule has 0 unspecified atom stereocenters. The van der Waals surface area contributed by atoms with Crippen LogP contribution < -0.4 is 11.0 Å². The molecule has 2 heterocycles. The van der Waals surface area contributed by atoms with E-state index in [1.54, 1.807) is 10.6 Å².